The maximum Gasteiger partial charge on any atom is 0.246 e. The molecule has 23 heavy (non-hydrogen) atoms. The first-order valence-corrected chi connectivity index (χ1v) is 7.88. The zero-order chi connectivity index (χ0) is 16.0. The predicted octanol–water partition coefficient (Wildman–Crippen LogP) is 2.94. The molecule has 1 amide bonds. The number of guanidine groups is 1. The Morgan fingerprint density at radius 1 is 1.30 bits per heavy atom. The van der Waals surface area contributed by atoms with Crippen LogP contribution < -0.4 is 10.6 Å². The Bertz CT molecular complexity index is 531. The zero-order valence-corrected chi connectivity index (χ0v) is 16.5. The van der Waals surface area contributed by atoms with E-state index in [0.717, 1.165) is 37.7 Å². The molecule has 0 bridgehead atoms. The number of carbonyl (C=O) groups excluding carboxylic acids is 1. The summed E-state index contributed by atoms with van der Waals surface area (Å²) in [7, 11) is 0. The molecule has 0 spiro atoms. The molecule has 6 heteroatoms. The highest BCUT2D eigenvalue weighted by atomic mass is 127. The summed E-state index contributed by atoms with van der Waals surface area (Å²) in [6, 6.07) is 9.46. The molecule has 1 aliphatic heterocycles. The van der Waals surface area contributed by atoms with Crippen molar-refractivity contribution in [2.45, 2.75) is 27.2 Å². The van der Waals surface area contributed by atoms with Gasteiger partial charge in [-0.15, -0.1) is 24.0 Å². The molecule has 1 saturated heterocycles. The van der Waals surface area contributed by atoms with Crippen molar-refractivity contribution in [2.24, 2.45) is 10.4 Å². The minimum Gasteiger partial charge on any atom is -0.357 e. The van der Waals surface area contributed by atoms with E-state index in [1.165, 1.54) is 0 Å². The number of carbonyl (C=O) groups is 1. The number of para-hydroxylation sites is 1. The zero-order valence-electron chi connectivity index (χ0n) is 14.1. The Labute approximate surface area is 156 Å². The highest BCUT2D eigenvalue weighted by Crippen LogP contribution is 2.28. The van der Waals surface area contributed by atoms with Gasteiger partial charge in [0.05, 0.1) is 0 Å². The summed E-state index contributed by atoms with van der Waals surface area (Å²) >= 11 is 0. The first-order valence-electron chi connectivity index (χ1n) is 7.88. The number of nitrogens with zero attached hydrogens (tertiary/aromatic N) is 2. The number of benzene rings is 1. The van der Waals surface area contributed by atoms with Crippen LogP contribution in [-0.2, 0) is 4.79 Å². The first-order chi connectivity index (χ1) is 10.5. The van der Waals surface area contributed by atoms with Crippen LogP contribution in [0.3, 0.4) is 0 Å². The van der Waals surface area contributed by atoms with Gasteiger partial charge in [0, 0.05) is 25.3 Å². The summed E-state index contributed by atoms with van der Waals surface area (Å²) in [5, 5.41) is 6.13. The van der Waals surface area contributed by atoms with Gasteiger partial charge in [0.2, 0.25) is 5.91 Å². The Kier molecular flexibility index (Phi) is 7.81. The number of halogens is 1. The molecular weight excluding hydrogens is 403 g/mol. The number of likely N-dealkylation sites (tertiary alicyclic amines) is 1. The Morgan fingerprint density at radius 2 is 2.00 bits per heavy atom. The fourth-order valence-electron chi connectivity index (χ4n) is 2.59. The number of rotatable bonds is 4. The van der Waals surface area contributed by atoms with Crippen molar-refractivity contribution in [3.63, 3.8) is 0 Å². The third-order valence-electron chi connectivity index (χ3n) is 3.74. The molecule has 5 nitrogen and oxygen atoms in total. The monoisotopic (exact) mass is 430 g/mol. The summed E-state index contributed by atoms with van der Waals surface area (Å²) < 4.78 is 0. The van der Waals surface area contributed by atoms with Crippen molar-refractivity contribution in [3.8, 4) is 0 Å². The number of aliphatic imine (C=N–C) groups is 1. The standard InChI is InChI=1S/C17H26N4O.HI/c1-4-18-16(21-11-10-17(2,3)13-21)19-12-15(22)20-14-8-6-5-7-9-14;/h5-9H,4,10-13H2,1-3H3,(H,18,19)(H,20,22);1H. The molecule has 0 saturated carbocycles. The average Bonchev–Trinajstić information content (AvgIpc) is 2.84. The molecule has 1 aromatic rings. The van der Waals surface area contributed by atoms with Gasteiger partial charge in [0.15, 0.2) is 5.96 Å². The van der Waals surface area contributed by atoms with E-state index < -0.39 is 0 Å². The maximum atomic E-state index is 12.0. The number of amides is 1. The summed E-state index contributed by atoms with van der Waals surface area (Å²) in [6.45, 7) is 9.46. The molecule has 2 rings (SSSR count). The highest BCUT2D eigenvalue weighted by Gasteiger charge is 2.30. The van der Waals surface area contributed by atoms with Gasteiger partial charge in [-0.1, -0.05) is 32.0 Å². The molecule has 1 fully saturated rings. The van der Waals surface area contributed by atoms with E-state index in [4.69, 9.17) is 0 Å². The van der Waals surface area contributed by atoms with Gasteiger partial charge in [-0.3, -0.25) is 4.79 Å². The Morgan fingerprint density at radius 3 is 2.57 bits per heavy atom. The van der Waals surface area contributed by atoms with Gasteiger partial charge in [0.25, 0.3) is 0 Å². The molecule has 2 N–H and O–H groups in total. The summed E-state index contributed by atoms with van der Waals surface area (Å²) in [5.41, 5.74) is 1.11. The average molecular weight is 430 g/mol. The largest absolute Gasteiger partial charge is 0.357 e. The van der Waals surface area contributed by atoms with Crippen molar-refractivity contribution >= 4 is 41.5 Å². The smallest absolute Gasteiger partial charge is 0.246 e. The quantitative estimate of drug-likeness (QED) is 0.439. The van der Waals surface area contributed by atoms with Crippen LogP contribution in [0.2, 0.25) is 0 Å². The highest BCUT2D eigenvalue weighted by molar-refractivity contribution is 14.0. The van der Waals surface area contributed by atoms with Crippen LogP contribution in [0, 0.1) is 5.41 Å². The normalized spacial score (nSPS) is 16.7. The molecule has 1 aromatic carbocycles. The second-order valence-electron chi connectivity index (χ2n) is 6.42. The SMILES string of the molecule is CCNC(=NCC(=O)Nc1ccccc1)N1CCC(C)(C)C1.I. The van der Waals surface area contributed by atoms with E-state index in [1.807, 2.05) is 37.3 Å². The third-order valence-corrected chi connectivity index (χ3v) is 3.74. The summed E-state index contributed by atoms with van der Waals surface area (Å²) in [4.78, 5) is 18.7. The van der Waals surface area contributed by atoms with Crippen molar-refractivity contribution in [1.82, 2.24) is 10.2 Å². The molecular formula is C17H27IN4O. The van der Waals surface area contributed by atoms with Gasteiger partial charge < -0.3 is 15.5 Å². The topological polar surface area (TPSA) is 56.7 Å². The molecule has 0 aromatic heterocycles. The van der Waals surface area contributed by atoms with Crippen molar-refractivity contribution in [3.05, 3.63) is 30.3 Å². The number of hydrogen-bond acceptors (Lipinski definition) is 2. The van der Waals surface area contributed by atoms with E-state index in [0.29, 0.717) is 5.41 Å². The van der Waals surface area contributed by atoms with Crippen LogP contribution in [0.4, 0.5) is 5.69 Å². The van der Waals surface area contributed by atoms with Crippen LogP contribution in [0.25, 0.3) is 0 Å². The van der Waals surface area contributed by atoms with Crippen LogP contribution in [-0.4, -0.2) is 42.9 Å². The van der Waals surface area contributed by atoms with Crippen LogP contribution in [0.5, 0.6) is 0 Å². The molecule has 0 aliphatic carbocycles. The van der Waals surface area contributed by atoms with Gasteiger partial charge in [-0.25, -0.2) is 4.99 Å². The van der Waals surface area contributed by atoms with Crippen molar-refractivity contribution in [1.29, 1.82) is 0 Å². The van der Waals surface area contributed by atoms with E-state index in [-0.39, 0.29) is 36.4 Å². The molecule has 1 heterocycles. The number of nitrogens with one attached hydrogen (secondary N) is 2. The van der Waals surface area contributed by atoms with Gasteiger partial charge in [-0.2, -0.15) is 0 Å². The number of hydrogen-bond donors (Lipinski definition) is 2. The summed E-state index contributed by atoms with van der Waals surface area (Å²) in [6.07, 6.45) is 1.15. The fourth-order valence-corrected chi connectivity index (χ4v) is 2.59. The number of anilines is 1. The molecule has 0 unspecified atom stereocenters. The van der Waals surface area contributed by atoms with Crippen LogP contribution in [0.1, 0.15) is 27.2 Å². The van der Waals surface area contributed by atoms with E-state index >= 15 is 0 Å². The molecule has 1 aliphatic rings. The lowest BCUT2D eigenvalue weighted by molar-refractivity contribution is -0.114. The van der Waals surface area contributed by atoms with Gasteiger partial charge in [0.1, 0.15) is 6.54 Å². The molecule has 0 radical (unpaired) electrons. The van der Waals surface area contributed by atoms with Crippen molar-refractivity contribution in [2.75, 3.05) is 31.5 Å². The second-order valence-corrected chi connectivity index (χ2v) is 6.42. The molecule has 0 atom stereocenters. The van der Waals surface area contributed by atoms with E-state index in [2.05, 4.69) is 34.4 Å². The first kappa shape index (κ1) is 19.7. The van der Waals surface area contributed by atoms with Crippen molar-refractivity contribution < 1.29 is 4.79 Å². The van der Waals surface area contributed by atoms with E-state index in [9.17, 15) is 4.79 Å². The third kappa shape index (κ3) is 6.37. The fraction of sp³-hybridized carbons (Fsp3) is 0.529. The molecule has 128 valence electrons. The summed E-state index contributed by atoms with van der Waals surface area (Å²) in [5.74, 6) is 0.733. The van der Waals surface area contributed by atoms with Gasteiger partial charge >= 0.3 is 0 Å². The minimum absolute atomic E-state index is 0. The van der Waals surface area contributed by atoms with E-state index in [1.54, 1.807) is 0 Å². The lowest BCUT2D eigenvalue weighted by Gasteiger charge is -2.23. The Balaban J connectivity index is 0.00000264. The van der Waals surface area contributed by atoms with Crippen LogP contribution in [0.15, 0.2) is 35.3 Å². The van der Waals surface area contributed by atoms with Crippen LogP contribution >= 0.6 is 24.0 Å². The lowest BCUT2D eigenvalue weighted by atomic mass is 9.93. The maximum absolute atomic E-state index is 12.0. The second kappa shape index (κ2) is 9.10. The lowest BCUT2D eigenvalue weighted by Crippen LogP contribution is -2.41. The Hall–Kier alpha value is -1.31. The minimum atomic E-state index is -0.0972. The predicted molar refractivity (Wildman–Crippen MR) is 106 cm³/mol. The van der Waals surface area contributed by atoms with Gasteiger partial charge in [-0.05, 0) is 30.9 Å².